The highest BCUT2D eigenvalue weighted by Gasteiger charge is 2.54. The number of alkyl halides is 3. The van der Waals surface area contributed by atoms with Crippen molar-refractivity contribution in [1.29, 1.82) is 0 Å². The van der Waals surface area contributed by atoms with Crippen molar-refractivity contribution in [3.63, 3.8) is 0 Å². The molecule has 19 heavy (non-hydrogen) atoms. The quantitative estimate of drug-likeness (QED) is 0.800. The first-order valence-corrected chi connectivity index (χ1v) is 5.69. The van der Waals surface area contributed by atoms with Gasteiger partial charge in [0, 0.05) is 13.1 Å². The first kappa shape index (κ1) is 15.6. The minimum absolute atomic E-state index is 0.492. The van der Waals surface area contributed by atoms with Gasteiger partial charge in [-0.15, -0.1) is 0 Å². The third-order valence-electron chi connectivity index (χ3n) is 2.71. The summed E-state index contributed by atoms with van der Waals surface area (Å²) in [6, 6.07) is 0. The summed E-state index contributed by atoms with van der Waals surface area (Å²) in [4.78, 5) is 23.3. The van der Waals surface area contributed by atoms with Crippen LogP contribution in [0, 0.1) is 11.8 Å². The Bertz CT molecular complexity index is 375. The Labute approximate surface area is 108 Å². The van der Waals surface area contributed by atoms with Gasteiger partial charge in [0.25, 0.3) is 0 Å². The van der Waals surface area contributed by atoms with E-state index >= 15 is 0 Å². The van der Waals surface area contributed by atoms with E-state index in [2.05, 4.69) is 0 Å². The van der Waals surface area contributed by atoms with Crippen molar-refractivity contribution in [2.45, 2.75) is 32.5 Å². The van der Waals surface area contributed by atoms with Crippen LogP contribution in [0.15, 0.2) is 0 Å². The third kappa shape index (κ3) is 4.00. The van der Waals surface area contributed by atoms with Crippen LogP contribution in [0.5, 0.6) is 0 Å². The number of carbonyl (C=O) groups is 2. The van der Waals surface area contributed by atoms with E-state index in [9.17, 15) is 22.8 Å². The van der Waals surface area contributed by atoms with Gasteiger partial charge in [0.15, 0.2) is 0 Å². The average Bonchev–Trinajstić information content (AvgIpc) is 2.57. The molecule has 0 saturated carbocycles. The number of carbonyl (C=O) groups excluding carboxylic acids is 1. The molecule has 0 unspecified atom stereocenters. The Hall–Kier alpha value is -1.47. The molecular formula is C11H16F3NO4. The molecule has 1 aliphatic heterocycles. The van der Waals surface area contributed by atoms with E-state index in [1.54, 1.807) is 20.8 Å². The van der Waals surface area contributed by atoms with Gasteiger partial charge in [0.1, 0.15) is 5.60 Å². The lowest BCUT2D eigenvalue weighted by Gasteiger charge is -2.24. The number of aliphatic carboxylic acids is 1. The summed E-state index contributed by atoms with van der Waals surface area (Å²) in [5.41, 5.74) is -0.841. The molecular weight excluding hydrogens is 267 g/mol. The summed E-state index contributed by atoms with van der Waals surface area (Å²) < 4.78 is 43.0. The molecule has 1 N–H and O–H groups in total. The Morgan fingerprint density at radius 1 is 1.21 bits per heavy atom. The van der Waals surface area contributed by atoms with Crippen molar-refractivity contribution in [3.05, 3.63) is 0 Å². The van der Waals surface area contributed by atoms with Crippen LogP contribution in [0.1, 0.15) is 20.8 Å². The molecule has 110 valence electrons. The molecule has 0 aliphatic carbocycles. The van der Waals surface area contributed by atoms with E-state index in [1.165, 1.54) is 0 Å². The van der Waals surface area contributed by atoms with Gasteiger partial charge >= 0.3 is 18.2 Å². The fourth-order valence-electron chi connectivity index (χ4n) is 1.86. The van der Waals surface area contributed by atoms with Crippen molar-refractivity contribution < 1.29 is 32.6 Å². The second kappa shape index (κ2) is 4.90. The van der Waals surface area contributed by atoms with Gasteiger partial charge in [-0.25, -0.2) is 4.79 Å². The van der Waals surface area contributed by atoms with Gasteiger partial charge in [-0.05, 0) is 20.8 Å². The molecule has 0 bridgehead atoms. The minimum atomic E-state index is -4.65. The molecule has 0 aromatic rings. The molecule has 0 radical (unpaired) electrons. The second-order valence-corrected chi connectivity index (χ2v) is 5.48. The predicted molar refractivity (Wildman–Crippen MR) is 58.5 cm³/mol. The first-order chi connectivity index (χ1) is 8.42. The maximum Gasteiger partial charge on any atom is 0.410 e. The van der Waals surface area contributed by atoms with Crippen LogP contribution in [0.3, 0.4) is 0 Å². The van der Waals surface area contributed by atoms with Crippen LogP contribution in [-0.2, 0) is 9.53 Å². The number of nitrogens with zero attached hydrogens (tertiary/aromatic N) is 1. The summed E-state index contributed by atoms with van der Waals surface area (Å²) in [5.74, 6) is -5.27. The zero-order valence-electron chi connectivity index (χ0n) is 10.8. The highest BCUT2D eigenvalue weighted by molar-refractivity contribution is 5.74. The first-order valence-electron chi connectivity index (χ1n) is 5.69. The molecule has 8 heteroatoms. The SMILES string of the molecule is CC(C)(C)OC(=O)N1C[C@@H](C(=O)O)[C@@H](C(F)(F)F)C1. The third-order valence-corrected chi connectivity index (χ3v) is 2.71. The van der Waals surface area contributed by atoms with E-state index < -0.39 is 48.8 Å². The summed E-state index contributed by atoms with van der Waals surface area (Å²) in [6.07, 6.45) is -5.58. The van der Waals surface area contributed by atoms with Crippen molar-refractivity contribution in [1.82, 2.24) is 4.90 Å². The molecule has 0 spiro atoms. The van der Waals surface area contributed by atoms with Crippen molar-refractivity contribution >= 4 is 12.1 Å². The lowest BCUT2D eigenvalue weighted by atomic mass is 9.96. The number of hydrogen-bond acceptors (Lipinski definition) is 3. The van der Waals surface area contributed by atoms with Crippen LogP contribution < -0.4 is 0 Å². The van der Waals surface area contributed by atoms with Crippen molar-refractivity contribution in [3.8, 4) is 0 Å². The predicted octanol–water partition coefficient (Wildman–Crippen LogP) is 2.12. The normalized spacial score (nSPS) is 24.4. The highest BCUT2D eigenvalue weighted by Crippen LogP contribution is 2.38. The second-order valence-electron chi connectivity index (χ2n) is 5.48. The van der Waals surface area contributed by atoms with Crippen LogP contribution in [0.25, 0.3) is 0 Å². The summed E-state index contributed by atoms with van der Waals surface area (Å²) in [6.45, 7) is 3.56. The minimum Gasteiger partial charge on any atom is -0.481 e. The Kier molecular flexibility index (Phi) is 4.02. The smallest absolute Gasteiger partial charge is 0.410 e. The number of amides is 1. The van der Waals surface area contributed by atoms with E-state index in [1.807, 2.05) is 0 Å². The largest absolute Gasteiger partial charge is 0.481 e. The molecule has 2 atom stereocenters. The van der Waals surface area contributed by atoms with Crippen molar-refractivity contribution in [2.75, 3.05) is 13.1 Å². The van der Waals surface area contributed by atoms with Crippen LogP contribution in [-0.4, -0.2) is 46.9 Å². The number of halogens is 3. The van der Waals surface area contributed by atoms with Gasteiger partial charge in [-0.3, -0.25) is 4.79 Å². The van der Waals surface area contributed by atoms with Crippen LogP contribution in [0.4, 0.5) is 18.0 Å². The topological polar surface area (TPSA) is 66.8 Å². The van der Waals surface area contributed by atoms with E-state index in [0.717, 1.165) is 4.90 Å². The summed E-state index contributed by atoms with van der Waals surface area (Å²) in [7, 11) is 0. The van der Waals surface area contributed by atoms with Gasteiger partial charge in [-0.2, -0.15) is 13.2 Å². The molecule has 1 amide bonds. The lowest BCUT2D eigenvalue weighted by molar-refractivity contribution is -0.188. The standard InChI is InChI=1S/C11H16F3NO4/c1-10(2,3)19-9(18)15-4-6(8(16)17)7(5-15)11(12,13)14/h6-7H,4-5H2,1-3H3,(H,16,17)/t6-,7+/m1/s1. The number of carboxylic acid groups (broad SMARTS) is 1. The molecule has 0 aromatic heterocycles. The monoisotopic (exact) mass is 283 g/mol. The Morgan fingerprint density at radius 2 is 1.74 bits per heavy atom. The lowest BCUT2D eigenvalue weighted by Crippen LogP contribution is -2.36. The van der Waals surface area contributed by atoms with Crippen LogP contribution >= 0.6 is 0 Å². The maximum absolute atomic E-state index is 12.7. The fourth-order valence-corrected chi connectivity index (χ4v) is 1.86. The average molecular weight is 283 g/mol. The summed E-state index contributed by atoms with van der Waals surface area (Å²) in [5, 5.41) is 8.80. The van der Waals surface area contributed by atoms with E-state index in [4.69, 9.17) is 9.84 Å². The van der Waals surface area contributed by atoms with Gasteiger partial charge < -0.3 is 14.7 Å². The number of likely N-dealkylation sites (tertiary alicyclic amines) is 1. The fraction of sp³-hybridized carbons (Fsp3) is 0.818. The molecule has 1 rings (SSSR count). The number of carboxylic acids is 1. The zero-order valence-corrected chi connectivity index (χ0v) is 10.8. The molecule has 1 aliphatic rings. The molecule has 1 heterocycles. The van der Waals surface area contributed by atoms with Crippen molar-refractivity contribution in [2.24, 2.45) is 11.8 Å². The van der Waals surface area contributed by atoms with E-state index in [0.29, 0.717) is 0 Å². The number of ether oxygens (including phenoxy) is 1. The Morgan fingerprint density at radius 3 is 2.05 bits per heavy atom. The number of hydrogen-bond donors (Lipinski definition) is 1. The van der Waals surface area contributed by atoms with E-state index in [-0.39, 0.29) is 0 Å². The van der Waals surface area contributed by atoms with Crippen LogP contribution in [0.2, 0.25) is 0 Å². The molecule has 1 fully saturated rings. The van der Waals surface area contributed by atoms with Gasteiger partial charge in [-0.1, -0.05) is 0 Å². The molecule has 0 aromatic carbocycles. The number of rotatable bonds is 1. The van der Waals surface area contributed by atoms with Gasteiger partial charge in [0.05, 0.1) is 11.8 Å². The molecule has 1 saturated heterocycles. The summed E-state index contributed by atoms with van der Waals surface area (Å²) >= 11 is 0. The highest BCUT2D eigenvalue weighted by atomic mass is 19.4. The Balaban J connectivity index is 2.81. The maximum atomic E-state index is 12.7. The van der Waals surface area contributed by atoms with Gasteiger partial charge in [0.2, 0.25) is 0 Å². The zero-order chi connectivity index (χ0) is 15.0. The molecule has 5 nitrogen and oxygen atoms in total.